The molecule has 2 heterocycles. The third-order valence-corrected chi connectivity index (χ3v) is 5.22. The van der Waals surface area contributed by atoms with E-state index in [1.165, 1.54) is 5.56 Å². The number of benzene rings is 2. The van der Waals surface area contributed by atoms with Crippen LogP contribution < -0.4 is 14.2 Å². The molecule has 1 amide bonds. The molecular weight excluding hydrogens is 318 g/mol. The molecule has 0 fully saturated rings. The molecule has 2 aliphatic heterocycles. The van der Waals surface area contributed by atoms with Gasteiger partial charge in [-0.05, 0) is 47.7 Å². The van der Waals surface area contributed by atoms with Gasteiger partial charge in [-0.3, -0.25) is 4.79 Å². The second-order valence-corrected chi connectivity index (χ2v) is 6.37. The summed E-state index contributed by atoms with van der Waals surface area (Å²) in [5.74, 6) is 2.13. The van der Waals surface area contributed by atoms with Crippen molar-refractivity contribution in [1.29, 1.82) is 0 Å². The van der Waals surface area contributed by atoms with Crippen molar-refractivity contribution in [2.75, 3.05) is 27.9 Å². The van der Waals surface area contributed by atoms with Crippen molar-refractivity contribution >= 4 is 5.91 Å². The van der Waals surface area contributed by atoms with E-state index >= 15 is 0 Å². The molecule has 130 valence electrons. The van der Waals surface area contributed by atoms with Gasteiger partial charge in [0.15, 0.2) is 11.5 Å². The summed E-state index contributed by atoms with van der Waals surface area (Å²) in [5, 5.41) is 0. The second kappa shape index (κ2) is 5.99. The first kappa shape index (κ1) is 15.8. The van der Waals surface area contributed by atoms with Gasteiger partial charge in [-0.1, -0.05) is 12.1 Å². The van der Waals surface area contributed by atoms with E-state index in [4.69, 9.17) is 14.2 Å². The smallest absolute Gasteiger partial charge is 0.258 e. The molecule has 2 aliphatic rings. The molecule has 0 saturated heterocycles. The highest BCUT2D eigenvalue weighted by Gasteiger charge is 2.38. The first-order valence-corrected chi connectivity index (χ1v) is 8.39. The first-order valence-electron chi connectivity index (χ1n) is 8.39. The fourth-order valence-electron chi connectivity index (χ4n) is 4.00. The molecule has 0 unspecified atom stereocenters. The Morgan fingerprint density at radius 2 is 1.68 bits per heavy atom. The van der Waals surface area contributed by atoms with Crippen LogP contribution in [0.25, 0.3) is 0 Å². The molecule has 0 bridgehead atoms. The van der Waals surface area contributed by atoms with E-state index < -0.39 is 0 Å². The summed E-state index contributed by atoms with van der Waals surface area (Å²) in [6.45, 7) is 0.698. The number of carbonyl (C=O) groups excluding carboxylic acids is 1. The minimum Gasteiger partial charge on any atom is -0.496 e. The summed E-state index contributed by atoms with van der Waals surface area (Å²) in [5.41, 5.74) is 4.10. The van der Waals surface area contributed by atoms with Gasteiger partial charge < -0.3 is 19.1 Å². The molecule has 0 aliphatic carbocycles. The average Bonchev–Trinajstić information content (AvgIpc) is 2.66. The number of fused-ring (bicyclic) bond motifs is 4. The van der Waals surface area contributed by atoms with Gasteiger partial charge >= 0.3 is 0 Å². The van der Waals surface area contributed by atoms with E-state index in [0.29, 0.717) is 23.6 Å². The van der Waals surface area contributed by atoms with E-state index in [0.717, 1.165) is 29.7 Å². The van der Waals surface area contributed by atoms with Crippen LogP contribution in [0.3, 0.4) is 0 Å². The van der Waals surface area contributed by atoms with Crippen LogP contribution in [0.4, 0.5) is 0 Å². The molecule has 0 aromatic heterocycles. The first-order chi connectivity index (χ1) is 12.2. The van der Waals surface area contributed by atoms with Crippen LogP contribution in [0, 0.1) is 0 Å². The summed E-state index contributed by atoms with van der Waals surface area (Å²) < 4.78 is 16.3. The number of methoxy groups -OCH3 is 3. The minimum atomic E-state index is 0.0238. The summed E-state index contributed by atoms with van der Waals surface area (Å²) in [7, 11) is 4.89. The maximum Gasteiger partial charge on any atom is 0.258 e. The van der Waals surface area contributed by atoms with E-state index in [-0.39, 0.29) is 11.9 Å². The molecule has 0 radical (unpaired) electrons. The van der Waals surface area contributed by atoms with Gasteiger partial charge in [-0.15, -0.1) is 0 Å². The second-order valence-electron chi connectivity index (χ2n) is 6.37. The summed E-state index contributed by atoms with van der Waals surface area (Å²) in [6.07, 6.45) is 1.59. The third-order valence-electron chi connectivity index (χ3n) is 5.22. The molecule has 25 heavy (non-hydrogen) atoms. The van der Waals surface area contributed by atoms with Crippen molar-refractivity contribution in [2.24, 2.45) is 0 Å². The Kier molecular flexibility index (Phi) is 3.79. The van der Waals surface area contributed by atoms with E-state index in [2.05, 4.69) is 0 Å². The molecule has 0 saturated carbocycles. The molecular formula is C20H21NO4. The zero-order valence-corrected chi connectivity index (χ0v) is 14.7. The van der Waals surface area contributed by atoms with Gasteiger partial charge in [0.1, 0.15) is 5.75 Å². The lowest BCUT2D eigenvalue weighted by Crippen LogP contribution is -2.44. The van der Waals surface area contributed by atoms with Crippen LogP contribution >= 0.6 is 0 Å². The Morgan fingerprint density at radius 3 is 2.40 bits per heavy atom. The molecule has 0 N–H and O–H groups in total. The summed E-state index contributed by atoms with van der Waals surface area (Å²) in [4.78, 5) is 15.1. The Bertz CT molecular complexity index is 846. The molecule has 0 spiro atoms. The van der Waals surface area contributed by atoms with Crippen molar-refractivity contribution in [1.82, 2.24) is 4.90 Å². The van der Waals surface area contributed by atoms with E-state index in [1.807, 2.05) is 35.2 Å². The van der Waals surface area contributed by atoms with E-state index in [1.54, 1.807) is 21.3 Å². The Morgan fingerprint density at radius 1 is 0.960 bits per heavy atom. The summed E-state index contributed by atoms with van der Waals surface area (Å²) in [6, 6.07) is 9.89. The maximum atomic E-state index is 13.1. The number of rotatable bonds is 3. The predicted molar refractivity (Wildman–Crippen MR) is 93.7 cm³/mol. The molecule has 4 rings (SSSR count). The van der Waals surface area contributed by atoms with Crippen molar-refractivity contribution in [3.05, 3.63) is 52.6 Å². The largest absolute Gasteiger partial charge is 0.496 e. The molecule has 5 heteroatoms. The lowest BCUT2D eigenvalue weighted by atomic mass is 9.83. The zero-order chi connectivity index (χ0) is 17.6. The average molecular weight is 339 g/mol. The molecule has 2 aromatic carbocycles. The van der Waals surface area contributed by atoms with Gasteiger partial charge in [-0.25, -0.2) is 0 Å². The van der Waals surface area contributed by atoms with Crippen molar-refractivity contribution in [3.8, 4) is 17.2 Å². The molecule has 1 atom stereocenters. The van der Waals surface area contributed by atoms with Crippen molar-refractivity contribution in [2.45, 2.75) is 18.9 Å². The highest BCUT2D eigenvalue weighted by molar-refractivity contribution is 6.00. The van der Waals surface area contributed by atoms with Crippen LogP contribution in [0.2, 0.25) is 0 Å². The molecule has 5 nitrogen and oxygen atoms in total. The lowest BCUT2D eigenvalue weighted by Gasteiger charge is -2.41. The van der Waals surface area contributed by atoms with Crippen LogP contribution in [0.5, 0.6) is 17.2 Å². The summed E-state index contributed by atoms with van der Waals surface area (Å²) >= 11 is 0. The monoisotopic (exact) mass is 339 g/mol. The minimum absolute atomic E-state index is 0.0238. The fraction of sp³-hybridized carbons (Fsp3) is 0.350. The SMILES string of the molecule is COc1cc2c(cc1OC)[C@@H]1Cc3cccc(OC)c3C(=O)N1CC2. The van der Waals surface area contributed by atoms with Gasteiger partial charge in [0.25, 0.3) is 5.91 Å². The van der Waals surface area contributed by atoms with Crippen LogP contribution in [0.15, 0.2) is 30.3 Å². The zero-order valence-electron chi connectivity index (χ0n) is 14.7. The number of carbonyl (C=O) groups is 1. The van der Waals surface area contributed by atoms with Crippen LogP contribution in [-0.4, -0.2) is 38.7 Å². The Hall–Kier alpha value is -2.69. The van der Waals surface area contributed by atoms with Crippen molar-refractivity contribution < 1.29 is 19.0 Å². The van der Waals surface area contributed by atoms with Crippen molar-refractivity contribution in [3.63, 3.8) is 0 Å². The normalized spacial score (nSPS) is 18.1. The lowest BCUT2D eigenvalue weighted by molar-refractivity contribution is 0.0627. The van der Waals surface area contributed by atoms with Crippen LogP contribution in [-0.2, 0) is 12.8 Å². The van der Waals surface area contributed by atoms with Gasteiger partial charge in [0.05, 0.1) is 32.9 Å². The number of amides is 1. The predicted octanol–water partition coefficient (Wildman–Crippen LogP) is 3.01. The topological polar surface area (TPSA) is 48.0 Å². The van der Waals surface area contributed by atoms with E-state index in [9.17, 15) is 4.79 Å². The quantitative estimate of drug-likeness (QED) is 0.862. The van der Waals surface area contributed by atoms with Gasteiger partial charge in [0, 0.05) is 6.54 Å². The number of hydrogen-bond acceptors (Lipinski definition) is 4. The number of nitrogens with zero attached hydrogens (tertiary/aromatic N) is 1. The third kappa shape index (κ3) is 2.34. The standard InChI is InChI=1S/C20H21NO4/c1-23-16-6-4-5-13-9-15-14-11-18(25-3)17(24-2)10-12(14)7-8-21(15)20(22)19(13)16/h4-6,10-11,15H,7-9H2,1-3H3/t15-/m0/s1. The Labute approximate surface area is 147 Å². The highest BCUT2D eigenvalue weighted by atomic mass is 16.5. The number of hydrogen-bond donors (Lipinski definition) is 0. The van der Waals surface area contributed by atoms with Gasteiger partial charge in [0.2, 0.25) is 0 Å². The highest BCUT2D eigenvalue weighted by Crippen LogP contribution is 2.43. The van der Waals surface area contributed by atoms with Crippen LogP contribution in [0.1, 0.15) is 33.1 Å². The van der Waals surface area contributed by atoms with Gasteiger partial charge in [-0.2, -0.15) is 0 Å². The number of ether oxygens (including phenoxy) is 3. The fourth-order valence-corrected chi connectivity index (χ4v) is 4.00. The molecule has 2 aromatic rings. The maximum absolute atomic E-state index is 13.1. The Balaban J connectivity index is 1.83.